The molecule has 2 saturated heterocycles. The Balaban J connectivity index is 0.00000243. The molecule has 0 aliphatic carbocycles. The minimum absolute atomic E-state index is 0. The van der Waals surface area contributed by atoms with E-state index in [2.05, 4.69) is 17.4 Å². The average molecular weight is 401 g/mol. The number of nitrogens with zero attached hydrogens (tertiary/aromatic N) is 1. The number of hydrogen-bond acceptors (Lipinski definition) is 4. The van der Waals surface area contributed by atoms with Gasteiger partial charge in [-0.25, -0.2) is 8.42 Å². The molecule has 0 saturated carbocycles. The van der Waals surface area contributed by atoms with Gasteiger partial charge >= 0.3 is 0 Å². The fraction of sp³-hybridized carbons (Fsp3) is 0.632. The molecule has 1 aromatic carbocycles. The summed E-state index contributed by atoms with van der Waals surface area (Å²) in [4.78, 5) is 15.1. The van der Waals surface area contributed by atoms with Gasteiger partial charge in [0.1, 0.15) is 0 Å². The molecule has 2 heterocycles. The lowest BCUT2D eigenvalue weighted by molar-refractivity contribution is -0.136. The predicted molar refractivity (Wildman–Crippen MR) is 106 cm³/mol. The van der Waals surface area contributed by atoms with E-state index in [9.17, 15) is 13.2 Å². The summed E-state index contributed by atoms with van der Waals surface area (Å²) in [5.74, 6) is 0.229. The van der Waals surface area contributed by atoms with Crippen LogP contribution in [0.15, 0.2) is 30.3 Å². The molecule has 0 radical (unpaired) electrons. The van der Waals surface area contributed by atoms with Crippen molar-refractivity contribution in [1.82, 2.24) is 10.2 Å². The van der Waals surface area contributed by atoms with Gasteiger partial charge in [-0.2, -0.15) is 0 Å². The summed E-state index contributed by atoms with van der Waals surface area (Å²) < 4.78 is 23.8. The minimum Gasteiger partial charge on any atom is -0.341 e. The lowest BCUT2D eigenvalue weighted by atomic mass is 9.89. The Morgan fingerprint density at radius 3 is 2.50 bits per heavy atom. The number of carbonyl (C=O) groups is 1. The quantitative estimate of drug-likeness (QED) is 0.840. The normalized spacial score (nSPS) is 23.1. The molecule has 2 aliphatic heterocycles. The standard InChI is InChI=1S/C19H28N2O3S.ClH/c1-25(23,24)19(9-11-20-12-10-19)18(22)21-13-5-8-17(15-21)14-16-6-3-2-4-7-16;/h2-4,6-7,17,20H,5,8-15H2,1H3;1H. The zero-order valence-corrected chi connectivity index (χ0v) is 16.9. The number of piperidine rings is 2. The number of carbonyl (C=O) groups excluding carboxylic acids is 1. The fourth-order valence-corrected chi connectivity index (χ4v) is 5.62. The number of sulfone groups is 1. The Kier molecular flexibility index (Phi) is 7.11. The van der Waals surface area contributed by atoms with Gasteiger partial charge in [0.2, 0.25) is 5.91 Å². The van der Waals surface area contributed by atoms with Crippen LogP contribution in [-0.4, -0.2) is 56.4 Å². The minimum atomic E-state index is -3.44. The summed E-state index contributed by atoms with van der Waals surface area (Å²) in [7, 11) is -3.44. The van der Waals surface area contributed by atoms with Crippen LogP contribution in [0.25, 0.3) is 0 Å². The second-order valence-electron chi connectivity index (χ2n) is 7.47. The van der Waals surface area contributed by atoms with Gasteiger partial charge in [-0.15, -0.1) is 12.4 Å². The summed E-state index contributed by atoms with van der Waals surface area (Å²) in [6, 6.07) is 10.3. The Morgan fingerprint density at radius 1 is 1.23 bits per heavy atom. The highest BCUT2D eigenvalue weighted by atomic mass is 35.5. The third-order valence-corrected chi connectivity index (χ3v) is 7.69. The van der Waals surface area contributed by atoms with E-state index >= 15 is 0 Å². The van der Waals surface area contributed by atoms with Crippen molar-refractivity contribution in [2.45, 2.75) is 36.9 Å². The van der Waals surface area contributed by atoms with Crippen molar-refractivity contribution in [2.75, 3.05) is 32.4 Å². The highest BCUT2D eigenvalue weighted by Crippen LogP contribution is 2.32. The lowest BCUT2D eigenvalue weighted by Gasteiger charge is -2.41. The number of nitrogens with one attached hydrogen (secondary N) is 1. The van der Waals surface area contributed by atoms with Crippen LogP contribution < -0.4 is 5.32 Å². The first-order valence-electron chi connectivity index (χ1n) is 9.16. The molecule has 26 heavy (non-hydrogen) atoms. The van der Waals surface area contributed by atoms with E-state index in [0.29, 0.717) is 44.9 Å². The highest BCUT2D eigenvalue weighted by molar-refractivity contribution is 7.92. The van der Waals surface area contributed by atoms with Crippen LogP contribution in [0.4, 0.5) is 0 Å². The average Bonchev–Trinajstić information content (AvgIpc) is 2.62. The zero-order chi connectivity index (χ0) is 17.9. The molecular formula is C19H29ClN2O3S. The molecule has 3 rings (SSSR count). The molecule has 0 spiro atoms. The first-order valence-corrected chi connectivity index (χ1v) is 11.1. The number of likely N-dealkylation sites (tertiary alicyclic amines) is 1. The molecule has 7 heteroatoms. The Hall–Kier alpha value is -1.11. The summed E-state index contributed by atoms with van der Waals surface area (Å²) in [5, 5.41) is 3.18. The summed E-state index contributed by atoms with van der Waals surface area (Å²) in [5.41, 5.74) is 1.28. The van der Waals surface area contributed by atoms with Gasteiger partial charge in [0.25, 0.3) is 0 Å². The maximum atomic E-state index is 13.2. The van der Waals surface area contributed by atoms with Gasteiger partial charge in [0.05, 0.1) is 0 Å². The molecule has 146 valence electrons. The van der Waals surface area contributed by atoms with E-state index in [1.165, 1.54) is 11.8 Å². The predicted octanol–water partition coefficient (Wildman–Crippen LogP) is 2.06. The lowest BCUT2D eigenvalue weighted by Crippen LogP contribution is -2.59. The van der Waals surface area contributed by atoms with Crippen LogP contribution in [-0.2, 0) is 21.1 Å². The Morgan fingerprint density at radius 2 is 1.88 bits per heavy atom. The van der Waals surface area contributed by atoms with Crippen molar-refractivity contribution in [2.24, 2.45) is 5.92 Å². The third kappa shape index (κ3) is 4.41. The van der Waals surface area contributed by atoms with Crippen molar-refractivity contribution >= 4 is 28.2 Å². The molecule has 0 bridgehead atoms. The van der Waals surface area contributed by atoms with Gasteiger partial charge in [-0.05, 0) is 56.7 Å². The molecule has 2 fully saturated rings. The van der Waals surface area contributed by atoms with E-state index in [-0.39, 0.29) is 18.3 Å². The van der Waals surface area contributed by atoms with E-state index in [1.807, 2.05) is 23.1 Å². The summed E-state index contributed by atoms with van der Waals surface area (Å²) in [6.07, 6.45) is 4.96. The molecule has 1 N–H and O–H groups in total. The van der Waals surface area contributed by atoms with E-state index in [0.717, 1.165) is 19.3 Å². The second kappa shape index (κ2) is 8.72. The largest absolute Gasteiger partial charge is 0.341 e. The van der Waals surface area contributed by atoms with E-state index in [1.54, 1.807) is 0 Å². The Bertz CT molecular complexity index is 703. The first-order chi connectivity index (χ1) is 11.9. The van der Waals surface area contributed by atoms with Crippen LogP contribution in [0.1, 0.15) is 31.2 Å². The zero-order valence-electron chi connectivity index (χ0n) is 15.3. The molecule has 1 aromatic rings. The fourth-order valence-electron chi connectivity index (χ4n) is 4.23. The smallest absolute Gasteiger partial charge is 0.244 e. The number of halogens is 1. The van der Waals surface area contributed by atoms with Crippen LogP contribution in [0.3, 0.4) is 0 Å². The van der Waals surface area contributed by atoms with E-state index < -0.39 is 14.6 Å². The molecule has 1 atom stereocenters. The van der Waals surface area contributed by atoms with Gasteiger partial charge in [0, 0.05) is 19.3 Å². The second-order valence-corrected chi connectivity index (χ2v) is 9.79. The summed E-state index contributed by atoms with van der Waals surface area (Å²) in [6.45, 7) is 2.51. The van der Waals surface area contributed by atoms with Crippen molar-refractivity contribution in [3.63, 3.8) is 0 Å². The molecule has 1 amide bonds. The first kappa shape index (κ1) is 21.2. The molecule has 2 aliphatic rings. The van der Waals surface area contributed by atoms with Gasteiger partial charge < -0.3 is 10.2 Å². The third-order valence-electron chi connectivity index (χ3n) is 5.68. The van der Waals surface area contributed by atoms with Gasteiger partial charge in [0.15, 0.2) is 14.6 Å². The van der Waals surface area contributed by atoms with Crippen LogP contribution in [0.2, 0.25) is 0 Å². The highest BCUT2D eigenvalue weighted by Gasteiger charge is 2.50. The number of rotatable bonds is 4. The number of benzene rings is 1. The molecular weight excluding hydrogens is 372 g/mol. The summed E-state index contributed by atoms with van der Waals surface area (Å²) >= 11 is 0. The van der Waals surface area contributed by atoms with Gasteiger partial charge in [-0.1, -0.05) is 30.3 Å². The van der Waals surface area contributed by atoms with Crippen molar-refractivity contribution in [3.05, 3.63) is 35.9 Å². The molecule has 5 nitrogen and oxygen atoms in total. The van der Waals surface area contributed by atoms with Crippen molar-refractivity contribution in [3.8, 4) is 0 Å². The van der Waals surface area contributed by atoms with Crippen molar-refractivity contribution in [1.29, 1.82) is 0 Å². The van der Waals surface area contributed by atoms with Crippen LogP contribution >= 0.6 is 12.4 Å². The van der Waals surface area contributed by atoms with Crippen molar-refractivity contribution < 1.29 is 13.2 Å². The Labute approximate surface area is 162 Å². The number of hydrogen-bond donors (Lipinski definition) is 1. The topological polar surface area (TPSA) is 66.5 Å². The van der Waals surface area contributed by atoms with E-state index in [4.69, 9.17) is 0 Å². The maximum Gasteiger partial charge on any atom is 0.244 e. The SMILES string of the molecule is CS(=O)(=O)C1(C(=O)N2CCCC(Cc3ccccc3)C2)CCNCC1.Cl. The molecule has 0 aromatic heterocycles. The van der Waals surface area contributed by atoms with Crippen LogP contribution in [0, 0.1) is 5.92 Å². The molecule has 1 unspecified atom stereocenters. The monoisotopic (exact) mass is 400 g/mol. The maximum absolute atomic E-state index is 13.2. The van der Waals surface area contributed by atoms with Crippen LogP contribution in [0.5, 0.6) is 0 Å². The van der Waals surface area contributed by atoms with Gasteiger partial charge in [-0.3, -0.25) is 4.79 Å². The number of amides is 1.